The van der Waals surface area contributed by atoms with E-state index in [1.54, 1.807) is 0 Å². The summed E-state index contributed by atoms with van der Waals surface area (Å²) in [6.07, 6.45) is 4.92. The van der Waals surface area contributed by atoms with Crippen LogP contribution in [0.5, 0.6) is 0 Å². The largest absolute Gasteiger partial charge is 0.466 e. The Balaban J connectivity index is 1.89. The molecule has 0 unspecified atom stereocenters. The second kappa shape index (κ2) is 10.4. The third-order valence-corrected chi connectivity index (χ3v) is 6.59. The van der Waals surface area contributed by atoms with E-state index in [0.717, 1.165) is 38.0 Å². The van der Waals surface area contributed by atoms with Gasteiger partial charge in [0, 0.05) is 32.4 Å². The van der Waals surface area contributed by atoms with E-state index in [1.165, 1.54) is 38.7 Å². The SMILES string of the molecule is C=C1C(=O)O[C@@H]2CC(CN3CCCCC3)=C([C@@H](C)CCCOC(C)=O)[C@@H](OC(C)=O)[C@H]12. The predicted octanol–water partition coefficient (Wildman–Crippen LogP) is 3.18. The Morgan fingerprint density at radius 1 is 1.19 bits per heavy atom. The van der Waals surface area contributed by atoms with Crippen LogP contribution in [0.25, 0.3) is 0 Å². The summed E-state index contributed by atoms with van der Waals surface area (Å²) in [5.74, 6) is -1.28. The number of carbonyl (C=O) groups excluding carboxylic acids is 3. The highest BCUT2D eigenvalue weighted by Crippen LogP contribution is 2.45. The topological polar surface area (TPSA) is 82.1 Å². The number of esters is 3. The summed E-state index contributed by atoms with van der Waals surface area (Å²) in [5.41, 5.74) is 2.68. The molecule has 0 spiro atoms. The van der Waals surface area contributed by atoms with E-state index >= 15 is 0 Å². The van der Waals surface area contributed by atoms with Gasteiger partial charge in [-0.1, -0.05) is 19.9 Å². The molecule has 0 aromatic carbocycles. The van der Waals surface area contributed by atoms with Gasteiger partial charge >= 0.3 is 17.9 Å². The van der Waals surface area contributed by atoms with Crippen molar-refractivity contribution < 1.29 is 28.6 Å². The van der Waals surface area contributed by atoms with Crippen molar-refractivity contribution in [2.24, 2.45) is 11.8 Å². The van der Waals surface area contributed by atoms with E-state index in [1.807, 2.05) is 0 Å². The normalized spacial score (nSPS) is 27.5. The third kappa shape index (κ3) is 5.76. The van der Waals surface area contributed by atoms with Crippen molar-refractivity contribution in [2.75, 3.05) is 26.2 Å². The summed E-state index contributed by atoms with van der Waals surface area (Å²) in [6.45, 7) is 12.2. The van der Waals surface area contributed by atoms with Crippen LogP contribution in [0, 0.1) is 11.8 Å². The molecule has 0 N–H and O–H groups in total. The molecule has 4 atom stereocenters. The van der Waals surface area contributed by atoms with Gasteiger partial charge in [-0.15, -0.1) is 0 Å². The smallest absolute Gasteiger partial charge is 0.334 e. The first-order chi connectivity index (χ1) is 14.8. The van der Waals surface area contributed by atoms with Crippen molar-refractivity contribution in [1.82, 2.24) is 4.90 Å². The molecule has 7 heteroatoms. The number of piperidine rings is 1. The second-order valence-corrected chi connectivity index (χ2v) is 9.01. The minimum Gasteiger partial charge on any atom is -0.466 e. The van der Waals surface area contributed by atoms with Crippen LogP contribution in [0.1, 0.15) is 59.3 Å². The summed E-state index contributed by atoms with van der Waals surface area (Å²) < 4.78 is 16.5. The van der Waals surface area contributed by atoms with Gasteiger partial charge < -0.3 is 14.2 Å². The highest BCUT2D eigenvalue weighted by Gasteiger charge is 2.50. The lowest BCUT2D eigenvalue weighted by molar-refractivity contribution is -0.149. The molecule has 3 aliphatic rings. The fraction of sp³-hybridized carbons (Fsp3) is 0.708. The van der Waals surface area contributed by atoms with Crippen LogP contribution in [-0.4, -0.2) is 61.3 Å². The van der Waals surface area contributed by atoms with Gasteiger partial charge in [0.25, 0.3) is 0 Å². The number of carbonyl (C=O) groups is 3. The van der Waals surface area contributed by atoms with Crippen molar-refractivity contribution >= 4 is 17.9 Å². The van der Waals surface area contributed by atoms with Crippen molar-refractivity contribution in [3.05, 3.63) is 23.3 Å². The number of ether oxygens (including phenoxy) is 3. The van der Waals surface area contributed by atoms with E-state index in [2.05, 4.69) is 18.4 Å². The maximum atomic E-state index is 12.3. The first kappa shape index (κ1) is 23.5. The Labute approximate surface area is 184 Å². The summed E-state index contributed by atoms with van der Waals surface area (Å²) >= 11 is 0. The maximum Gasteiger partial charge on any atom is 0.334 e. The number of fused-ring (bicyclic) bond motifs is 1. The average Bonchev–Trinajstić information content (AvgIpc) is 2.99. The molecular formula is C24H35NO6. The van der Waals surface area contributed by atoms with Crippen LogP contribution in [-0.2, 0) is 28.6 Å². The molecule has 31 heavy (non-hydrogen) atoms. The van der Waals surface area contributed by atoms with E-state index in [0.29, 0.717) is 18.6 Å². The van der Waals surface area contributed by atoms with Crippen molar-refractivity contribution in [3.8, 4) is 0 Å². The molecule has 1 aliphatic carbocycles. The molecule has 172 valence electrons. The average molecular weight is 434 g/mol. The summed E-state index contributed by atoms with van der Waals surface area (Å²) in [7, 11) is 0. The van der Waals surface area contributed by atoms with Crippen LogP contribution in [0.15, 0.2) is 23.3 Å². The Morgan fingerprint density at radius 3 is 2.55 bits per heavy atom. The van der Waals surface area contributed by atoms with E-state index in [-0.39, 0.29) is 29.9 Å². The van der Waals surface area contributed by atoms with Crippen molar-refractivity contribution in [2.45, 2.75) is 71.5 Å². The molecule has 2 saturated heterocycles. The lowest BCUT2D eigenvalue weighted by atomic mass is 9.72. The standard InChI is InChI=1S/C24H35NO6/c1-15(9-8-12-29-17(3)26)21-19(14-25-10-6-5-7-11-25)13-20-22(16(2)24(28)31-20)23(21)30-18(4)27/h15,20,22-23H,2,5-14H2,1,3-4H3/t15-,20+,22+,23+/m0/s1. The van der Waals surface area contributed by atoms with Gasteiger partial charge in [0.1, 0.15) is 12.2 Å². The molecule has 0 aromatic heterocycles. The first-order valence-corrected chi connectivity index (χ1v) is 11.4. The zero-order chi connectivity index (χ0) is 22.5. The van der Waals surface area contributed by atoms with E-state index in [4.69, 9.17) is 14.2 Å². The number of rotatable bonds is 8. The van der Waals surface area contributed by atoms with Gasteiger partial charge in [-0.25, -0.2) is 4.79 Å². The van der Waals surface area contributed by atoms with Crippen molar-refractivity contribution in [1.29, 1.82) is 0 Å². The van der Waals surface area contributed by atoms with Gasteiger partial charge in [-0.3, -0.25) is 14.5 Å². The van der Waals surface area contributed by atoms with Crippen molar-refractivity contribution in [3.63, 3.8) is 0 Å². The second-order valence-electron chi connectivity index (χ2n) is 9.01. The number of likely N-dealkylation sites (tertiary alicyclic amines) is 1. The fourth-order valence-corrected chi connectivity index (χ4v) is 5.20. The monoisotopic (exact) mass is 433 g/mol. The Bertz CT molecular complexity index is 751. The zero-order valence-electron chi connectivity index (χ0n) is 19.0. The Kier molecular flexibility index (Phi) is 7.92. The third-order valence-electron chi connectivity index (χ3n) is 6.59. The van der Waals surface area contributed by atoms with Crippen LogP contribution < -0.4 is 0 Å². The van der Waals surface area contributed by atoms with Gasteiger partial charge in [0.2, 0.25) is 0 Å². The van der Waals surface area contributed by atoms with Crippen LogP contribution in [0.4, 0.5) is 0 Å². The van der Waals surface area contributed by atoms with Crippen LogP contribution >= 0.6 is 0 Å². The molecule has 0 amide bonds. The molecular weight excluding hydrogens is 398 g/mol. The van der Waals surface area contributed by atoms with Crippen LogP contribution in [0.3, 0.4) is 0 Å². The van der Waals surface area contributed by atoms with Gasteiger partial charge in [-0.2, -0.15) is 0 Å². The van der Waals surface area contributed by atoms with Crippen LogP contribution in [0.2, 0.25) is 0 Å². The predicted molar refractivity (Wildman–Crippen MR) is 115 cm³/mol. The Hall–Kier alpha value is -2.15. The molecule has 2 fully saturated rings. The fourth-order valence-electron chi connectivity index (χ4n) is 5.20. The molecule has 0 radical (unpaired) electrons. The van der Waals surface area contributed by atoms with E-state index < -0.39 is 12.1 Å². The summed E-state index contributed by atoms with van der Waals surface area (Å²) in [6, 6.07) is 0. The minimum absolute atomic E-state index is 0.115. The molecule has 2 heterocycles. The minimum atomic E-state index is -0.543. The zero-order valence-corrected chi connectivity index (χ0v) is 19.0. The quantitative estimate of drug-likeness (QED) is 0.191. The molecule has 0 saturated carbocycles. The van der Waals surface area contributed by atoms with Gasteiger partial charge in [0.05, 0.1) is 12.5 Å². The lowest BCUT2D eigenvalue weighted by Crippen LogP contribution is -2.43. The van der Waals surface area contributed by atoms with Gasteiger partial charge in [0.15, 0.2) is 0 Å². The first-order valence-electron chi connectivity index (χ1n) is 11.4. The molecule has 2 aliphatic heterocycles. The van der Waals surface area contributed by atoms with Gasteiger partial charge in [-0.05, 0) is 55.8 Å². The van der Waals surface area contributed by atoms with E-state index in [9.17, 15) is 14.4 Å². The Morgan fingerprint density at radius 2 is 1.90 bits per heavy atom. The highest BCUT2D eigenvalue weighted by molar-refractivity contribution is 5.91. The molecule has 0 aromatic rings. The summed E-state index contributed by atoms with van der Waals surface area (Å²) in [4.78, 5) is 37.8. The molecule has 0 bridgehead atoms. The number of hydrogen-bond acceptors (Lipinski definition) is 7. The maximum absolute atomic E-state index is 12.3. The molecule has 7 nitrogen and oxygen atoms in total. The summed E-state index contributed by atoms with van der Waals surface area (Å²) in [5, 5.41) is 0. The lowest BCUT2D eigenvalue weighted by Gasteiger charge is -2.40. The highest BCUT2D eigenvalue weighted by atomic mass is 16.6. The number of hydrogen-bond donors (Lipinski definition) is 0. The molecule has 3 rings (SSSR count). The number of nitrogens with zero attached hydrogens (tertiary/aromatic N) is 1.